The lowest BCUT2D eigenvalue weighted by Gasteiger charge is -2.41. The van der Waals surface area contributed by atoms with Crippen molar-refractivity contribution in [3.8, 4) is 17.2 Å². The standard InChI is InChI=1S/C31H30N4O3.CH4/c1-37-30-15-22-11-14-33-18-29-26(24-5-2-3-6-27(24)34(29)20-36)16-28(33)25(22)17-31(30)38-19-21-7-9-23(10-8-21)35-13-4-12-32-35;/h2-10,12-13,15,17,28,36H,11,14,16,18-20H2,1H3;1H4. The van der Waals surface area contributed by atoms with Gasteiger partial charge in [-0.3, -0.25) is 4.90 Å². The van der Waals surface area contributed by atoms with Crippen LogP contribution in [0.1, 0.15) is 41.4 Å². The number of aliphatic hydroxyl groups excluding tert-OH is 1. The molecular weight excluding hydrogens is 488 g/mol. The van der Waals surface area contributed by atoms with Gasteiger partial charge in [0.2, 0.25) is 0 Å². The zero-order chi connectivity index (χ0) is 25.6. The van der Waals surface area contributed by atoms with Gasteiger partial charge < -0.3 is 19.1 Å². The van der Waals surface area contributed by atoms with Crippen LogP contribution in [0, 0.1) is 0 Å². The van der Waals surface area contributed by atoms with Crippen LogP contribution in [0.2, 0.25) is 0 Å². The zero-order valence-corrected chi connectivity index (χ0v) is 21.4. The fraction of sp³-hybridized carbons (Fsp3) is 0.281. The number of methoxy groups -OCH3 is 1. The molecule has 200 valence electrons. The quantitative estimate of drug-likeness (QED) is 0.312. The minimum Gasteiger partial charge on any atom is -0.493 e. The molecule has 0 amide bonds. The number of para-hydroxylation sites is 1. The van der Waals surface area contributed by atoms with Gasteiger partial charge in [0.15, 0.2) is 11.5 Å². The molecule has 4 heterocycles. The van der Waals surface area contributed by atoms with Crippen molar-refractivity contribution in [2.24, 2.45) is 0 Å². The highest BCUT2D eigenvalue weighted by Gasteiger charge is 2.35. The van der Waals surface area contributed by atoms with Crippen LogP contribution in [0.4, 0.5) is 0 Å². The summed E-state index contributed by atoms with van der Waals surface area (Å²) >= 11 is 0. The molecule has 7 nitrogen and oxygen atoms in total. The van der Waals surface area contributed by atoms with E-state index in [9.17, 15) is 5.11 Å². The third-order valence-electron chi connectivity index (χ3n) is 8.08. The van der Waals surface area contributed by atoms with Gasteiger partial charge in [-0.15, -0.1) is 0 Å². The normalized spacial score (nSPS) is 16.2. The monoisotopic (exact) mass is 522 g/mol. The number of aliphatic hydroxyl groups is 1. The van der Waals surface area contributed by atoms with Crippen molar-refractivity contribution < 1.29 is 14.6 Å². The predicted octanol–water partition coefficient (Wildman–Crippen LogP) is 5.66. The Kier molecular flexibility index (Phi) is 6.62. The molecule has 1 N–H and O–H groups in total. The lowest BCUT2D eigenvalue weighted by molar-refractivity contribution is 0.145. The number of hydrogen-bond donors (Lipinski definition) is 1. The number of nitrogens with zero attached hydrogens (tertiary/aromatic N) is 4. The first-order chi connectivity index (χ1) is 18.7. The van der Waals surface area contributed by atoms with E-state index in [0.717, 1.165) is 54.2 Å². The molecule has 7 heteroatoms. The van der Waals surface area contributed by atoms with Gasteiger partial charge in [0, 0.05) is 42.6 Å². The molecule has 1 atom stereocenters. The molecule has 0 spiro atoms. The maximum absolute atomic E-state index is 10.2. The van der Waals surface area contributed by atoms with E-state index in [1.807, 2.05) is 23.0 Å². The van der Waals surface area contributed by atoms with E-state index in [1.54, 1.807) is 13.3 Å². The first kappa shape index (κ1) is 25.2. The Hall–Kier alpha value is -4.07. The van der Waals surface area contributed by atoms with Crippen LogP contribution in [-0.4, -0.2) is 38.0 Å². The largest absolute Gasteiger partial charge is 0.493 e. The Morgan fingerprint density at radius 2 is 1.87 bits per heavy atom. The summed E-state index contributed by atoms with van der Waals surface area (Å²) < 4.78 is 16.0. The molecule has 5 aromatic rings. The first-order valence-electron chi connectivity index (χ1n) is 13.1. The van der Waals surface area contributed by atoms with Crippen LogP contribution in [0.5, 0.6) is 11.5 Å². The Morgan fingerprint density at radius 3 is 2.64 bits per heavy atom. The Morgan fingerprint density at radius 1 is 1.03 bits per heavy atom. The van der Waals surface area contributed by atoms with Gasteiger partial charge in [0.05, 0.1) is 18.3 Å². The molecule has 1 unspecified atom stereocenters. The van der Waals surface area contributed by atoms with Crippen LogP contribution in [0.15, 0.2) is 79.1 Å². The van der Waals surface area contributed by atoms with Crippen LogP contribution in [0.25, 0.3) is 16.6 Å². The van der Waals surface area contributed by atoms with E-state index in [-0.39, 0.29) is 20.2 Å². The highest BCUT2D eigenvalue weighted by atomic mass is 16.5. The molecule has 0 aliphatic carbocycles. The number of rotatable bonds is 6. The number of aromatic nitrogens is 3. The van der Waals surface area contributed by atoms with E-state index < -0.39 is 0 Å². The van der Waals surface area contributed by atoms with Crippen molar-refractivity contribution in [2.75, 3.05) is 13.7 Å². The number of hydrogen-bond acceptors (Lipinski definition) is 5. The summed E-state index contributed by atoms with van der Waals surface area (Å²) in [5.41, 5.74) is 8.43. The van der Waals surface area contributed by atoms with Crippen molar-refractivity contribution in [2.45, 2.75) is 46.2 Å². The molecule has 2 aliphatic rings. The summed E-state index contributed by atoms with van der Waals surface area (Å²) in [5.74, 6) is 1.55. The lowest BCUT2D eigenvalue weighted by Crippen LogP contribution is -2.39. The smallest absolute Gasteiger partial charge is 0.162 e. The van der Waals surface area contributed by atoms with Crippen molar-refractivity contribution in [3.63, 3.8) is 0 Å². The van der Waals surface area contributed by atoms with Gasteiger partial charge >= 0.3 is 0 Å². The SMILES string of the molecule is C.COc1cc2c(cc1OCc1ccc(-n3cccn3)cc1)C1Cc3c(n(CO)c4ccccc34)CN1CC2. The second kappa shape index (κ2) is 10.2. The highest BCUT2D eigenvalue weighted by Crippen LogP contribution is 2.44. The van der Waals surface area contributed by atoms with Gasteiger partial charge in [-0.05, 0) is 71.5 Å². The van der Waals surface area contributed by atoms with E-state index >= 15 is 0 Å². The number of fused-ring (bicyclic) bond motifs is 6. The van der Waals surface area contributed by atoms with Crippen LogP contribution in [-0.2, 0) is 32.7 Å². The molecule has 39 heavy (non-hydrogen) atoms. The summed E-state index contributed by atoms with van der Waals surface area (Å²) in [6.07, 6.45) is 5.59. The van der Waals surface area contributed by atoms with Crippen LogP contribution >= 0.6 is 0 Å². The fourth-order valence-corrected chi connectivity index (χ4v) is 6.17. The highest BCUT2D eigenvalue weighted by molar-refractivity contribution is 5.86. The van der Waals surface area contributed by atoms with Crippen molar-refractivity contribution in [1.82, 2.24) is 19.2 Å². The molecule has 0 saturated carbocycles. The maximum atomic E-state index is 10.2. The fourth-order valence-electron chi connectivity index (χ4n) is 6.17. The second-order valence-corrected chi connectivity index (χ2v) is 10.1. The molecule has 0 radical (unpaired) electrons. The summed E-state index contributed by atoms with van der Waals surface area (Å²) in [7, 11) is 1.71. The van der Waals surface area contributed by atoms with Crippen LogP contribution < -0.4 is 9.47 Å². The van der Waals surface area contributed by atoms with Gasteiger partial charge in [0.1, 0.15) is 13.3 Å². The zero-order valence-electron chi connectivity index (χ0n) is 21.4. The molecule has 2 aliphatic heterocycles. The molecule has 0 saturated heterocycles. The maximum Gasteiger partial charge on any atom is 0.162 e. The van der Waals surface area contributed by atoms with E-state index in [4.69, 9.17) is 9.47 Å². The summed E-state index contributed by atoms with van der Waals surface area (Å²) in [6, 6.07) is 23.2. The average Bonchev–Trinajstić information content (AvgIpc) is 3.61. The number of ether oxygens (including phenoxy) is 2. The summed E-state index contributed by atoms with van der Waals surface area (Å²) in [6.45, 7) is 2.27. The first-order valence-corrected chi connectivity index (χ1v) is 13.1. The number of benzene rings is 3. The van der Waals surface area contributed by atoms with Gasteiger partial charge in [-0.2, -0.15) is 5.10 Å². The Labute approximate surface area is 228 Å². The molecule has 7 rings (SSSR count). The second-order valence-electron chi connectivity index (χ2n) is 10.1. The minimum absolute atomic E-state index is 0. The third kappa shape index (κ3) is 4.28. The lowest BCUT2D eigenvalue weighted by atomic mass is 9.85. The Balaban J connectivity index is 0.00000277. The minimum atomic E-state index is 0. The van der Waals surface area contributed by atoms with E-state index in [0.29, 0.717) is 6.61 Å². The van der Waals surface area contributed by atoms with Gasteiger partial charge in [-0.1, -0.05) is 37.8 Å². The van der Waals surface area contributed by atoms with Crippen LogP contribution in [0.3, 0.4) is 0 Å². The molecule has 2 aromatic heterocycles. The van der Waals surface area contributed by atoms with Crippen molar-refractivity contribution >= 4 is 10.9 Å². The van der Waals surface area contributed by atoms with Gasteiger partial charge in [0.25, 0.3) is 0 Å². The van der Waals surface area contributed by atoms with Gasteiger partial charge in [-0.25, -0.2) is 4.68 Å². The predicted molar refractivity (Wildman–Crippen MR) is 152 cm³/mol. The Bertz CT molecular complexity index is 1610. The topological polar surface area (TPSA) is 64.7 Å². The molecular formula is C32H34N4O3. The van der Waals surface area contributed by atoms with E-state index in [2.05, 4.69) is 69.2 Å². The van der Waals surface area contributed by atoms with Crippen molar-refractivity contribution in [3.05, 3.63) is 107 Å². The third-order valence-corrected chi connectivity index (χ3v) is 8.08. The molecule has 0 bridgehead atoms. The van der Waals surface area contributed by atoms with Crippen molar-refractivity contribution in [1.29, 1.82) is 0 Å². The summed E-state index contributed by atoms with van der Waals surface area (Å²) in [4.78, 5) is 2.54. The molecule has 0 fully saturated rings. The average molecular weight is 523 g/mol. The summed E-state index contributed by atoms with van der Waals surface area (Å²) in [5, 5.41) is 15.7. The van der Waals surface area contributed by atoms with E-state index in [1.165, 1.54) is 27.8 Å². The molecule has 3 aromatic carbocycles.